The molecular formula is C21H24N6O2. The second-order valence-electron chi connectivity index (χ2n) is 7.14. The summed E-state index contributed by atoms with van der Waals surface area (Å²) in [5.74, 6) is 1.93. The van der Waals surface area contributed by atoms with Crippen molar-refractivity contribution < 1.29 is 9.32 Å². The minimum Gasteiger partial charge on any atom is -0.373 e. The molecule has 1 atom stereocenters. The Labute approximate surface area is 169 Å². The van der Waals surface area contributed by atoms with Crippen molar-refractivity contribution in [3.05, 3.63) is 54.0 Å². The number of anilines is 2. The van der Waals surface area contributed by atoms with Gasteiger partial charge in [0.1, 0.15) is 5.82 Å². The quantitative estimate of drug-likeness (QED) is 0.663. The molecule has 0 bridgehead atoms. The third-order valence-corrected chi connectivity index (χ3v) is 5.03. The van der Waals surface area contributed by atoms with Crippen LogP contribution in [0.1, 0.15) is 37.3 Å². The fourth-order valence-electron chi connectivity index (χ4n) is 3.59. The highest BCUT2D eigenvalue weighted by Crippen LogP contribution is 2.33. The highest BCUT2D eigenvalue weighted by molar-refractivity contribution is 5.88. The molecule has 0 spiro atoms. The van der Waals surface area contributed by atoms with Gasteiger partial charge in [-0.05, 0) is 49.2 Å². The number of likely N-dealkylation sites (tertiary alicyclic amines) is 1. The highest BCUT2D eigenvalue weighted by Gasteiger charge is 2.30. The van der Waals surface area contributed by atoms with Crippen molar-refractivity contribution in [3.63, 3.8) is 0 Å². The lowest BCUT2D eigenvalue weighted by Crippen LogP contribution is -2.23. The second-order valence-corrected chi connectivity index (χ2v) is 7.14. The Morgan fingerprint density at radius 2 is 2.07 bits per heavy atom. The Morgan fingerprint density at radius 3 is 2.76 bits per heavy atom. The van der Waals surface area contributed by atoms with Gasteiger partial charge in [-0.25, -0.2) is 4.98 Å². The van der Waals surface area contributed by atoms with E-state index in [1.165, 1.54) is 12.5 Å². The van der Waals surface area contributed by atoms with Crippen LogP contribution in [0.3, 0.4) is 0 Å². The molecule has 4 rings (SSSR count). The summed E-state index contributed by atoms with van der Waals surface area (Å²) < 4.78 is 5.60. The van der Waals surface area contributed by atoms with E-state index >= 15 is 0 Å². The van der Waals surface area contributed by atoms with Gasteiger partial charge in [-0.3, -0.25) is 9.69 Å². The summed E-state index contributed by atoms with van der Waals surface area (Å²) in [4.78, 5) is 22.5. The smallest absolute Gasteiger partial charge is 0.244 e. The van der Waals surface area contributed by atoms with Crippen LogP contribution >= 0.6 is 0 Å². The van der Waals surface area contributed by atoms with E-state index in [0.29, 0.717) is 11.7 Å². The third-order valence-electron chi connectivity index (χ3n) is 5.03. The van der Waals surface area contributed by atoms with Gasteiger partial charge in [-0.1, -0.05) is 17.3 Å². The van der Waals surface area contributed by atoms with Crippen LogP contribution in [0.2, 0.25) is 0 Å². The number of amides is 1. The van der Waals surface area contributed by atoms with Crippen molar-refractivity contribution >= 4 is 17.4 Å². The largest absolute Gasteiger partial charge is 0.373 e. The van der Waals surface area contributed by atoms with Crippen molar-refractivity contribution in [2.75, 3.05) is 24.2 Å². The molecule has 1 aliphatic heterocycles. The fourth-order valence-corrected chi connectivity index (χ4v) is 3.59. The van der Waals surface area contributed by atoms with E-state index < -0.39 is 0 Å². The molecule has 3 heterocycles. The van der Waals surface area contributed by atoms with Crippen LogP contribution in [0.25, 0.3) is 11.4 Å². The molecule has 150 valence electrons. The number of rotatable bonds is 6. The molecule has 2 aromatic heterocycles. The van der Waals surface area contributed by atoms with Crippen molar-refractivity contribution in [1.82, 2.24) is 20.0 Å². The van der Waals surface area contributed by atoms with Gasteiger partial charge in [0.2, 0.25) is 17.6 Å². The van der Waals surface area contributed by atoms with Crippen LogP contribution in [0, 0.1) is 0 Å². The van der Waals surface area contributed by atoms with E-state index in [1.54, 1.807) is 6.20 Å². The molecule has 29 heavy (non-hydrogen) atoms. The highest BCUT2D eigenvalue weighted by atomic mass is 16.5. The number of aromatic nitrogens is 3. The average Bonchev–Trinajstić information content (AvgIpc) is 3.38. The molecule has 1 aliphatic rings. The molecule has 0 saturated carbocycles. The number of hydrogen-bond donors (Lipinski definition) is 2. The Bertz CT molecular complexity index is 968. The minimum atomic E-state index is -0.0691. The monoisotopic (exact) mass is 392 g/mol. The molecule has 1 amide bonds. The molecule has 0 aliphatic carbocycles. The maximum Gasteiger partial charge on any atom is 0.244 e. The molecule has 8 heteroatoms. The number of carbonyl (C=O) groups is 1. The first kappa shape index (κ1) is 19.1. The Balaban J connectivity index is 1.45. The van der Waals surface area contributed by atoms with Crippen molar-refractivity contribution in [2.24, 2.45) is 0 Å². The van der Waals surface area contributed by atoms with E-state index in [-0.39, 0.29) is 11.9 Å². The van der Waals surface area contributed by atoms with Gasteiger partial charge in [-0.15, -0.1) is 0 Å². The average molecular weight is 392 g/mol. The summed E-state index contributed by atoms with van der Waals surface area (Å²) in [7, 11) is 1.83. The molecule has 1 aromatic carbocycles. The molecule has 2 N–H and O–H groups in total. The molecule has 8 nitrogen and oxygen atoms in total. The lowest BCUT2D eigenvalue weighted by atomic mass is 10.1. The second kappa shape index (κ2) is 8.40. The summed E-state index contributed by atoms with van der Waals surface area (Å²) in [5, 5.41) is 9.94. The zero-order valence-corrected chi connectivity index (χ0v) is 16.6. The predicted octanol–water partition coefficient (Wildman–Crippen LogP) is 3.47. The number of pyridine rings is 1. The molecular weight excluding hydrogens is 368 g/mol. The third kappa shape index (κ3) is 4.43. The summed E-state index contributed by atoms with van der Waals surface area (Å²) in [6, 6.07) is 11.8. The molecule has 0 radical (unpaired) electrons. The standard InChI is InChI=1S/C21H24N6O2/c1-14(28)24-17-8-5-15(6-9-17)13-27-11-3-4-18(27)21-25-20(26-29-21)16-7-10-19(22-2)23-12-16/h5-10,12,18H,3-4,11,13H2,1-2H3,(H,22,23)(H,24,28). The van der Waals surface area contributed by atoms with E-state index in [2.05, 4.69) is 30.7 Å². The fraction of sp³-hybridized carbons (Fsp3) is 0.333. The van der Waals surface area contributed by atoms with Crippen molar-refractivity contribution in [2.45, 2.75) is 32.4 Å². The van der Waals surface area contributed by atoms with Crippen molar-refractivity contribution in [1.29, 1.82) is 0 Å². The minimum absolute atomic E-state index is 0.0691. The first-order valence-electron chi connectivity index (χ1n) is 9.71. The van der Waals surface area contributed by atoms with Gasteiger partial charge in [0.05, 0.1) is 6.04 Å². The predicted molar refractivity (Wildman–Crippen MR) is 110 cm³/mol. The van der Waals surface area contributed by atoms with Crippen LogP contribution in [0.15, 0.2) is 47.1 Å². The zero-order chi connectivity index (χ0) is 20.2. The lowest BCUT2D eigenvalue weighted by Gasteiger charge is -2.21. The number of hydrogen-bond acceptors (Lipinski definition) is 7. The molecule has 1 fully saturated rings. The van der Waals surface area contributed by atoms with Gasteiger partial charge < -0.3 is 15.2 Å². The maximum absolute atomic E-state index is 11.2. The van der Waals surface area contributed by atoms with Crippen LogP contribution in [0.5, 0.6) is 0 Å². The number of nitrogens with zero attached hydrogens (tertiary/aromatic N) is 4. The maximum atomic E-state index is 11.2. The first-order valence-corrected chi connectivity index (χ1v) is 9.71. The number of benzene rings is 1. The van der Waals surface area contributed by atoms with Crippen molar-refractivity contribution in [3.8, 4) is 11.4 Å². The van der Waals surface area contributed by atoms with E-state index in [9.17, 15) is 4.79 Å². The summed E-state index contributed by atoms with van der Waals surface area (Å²) in [6.45, 7) is 3.28. The topological polar surface area (TPSA) is 96.2 Å². The van der Waals surface area contributed by atoms with Gasteiger partial charge in [0, 0.05) is 38.0 Å². The van der Waals surface area contributed by atoms with E-state index in [0.717, 1.165) is 43.0 Å². The number of carbonyl (C=O) groups excluding carboxylic acids is 1. The number of nitrogens with one attached hydrogen (secondary N) is 2. The van der Waals surface area contributed by atoms with E-state index in [1.807, 2.05) is 43.4 Å². The molecule has 1 saturated heterocycles. The van der Waals surface area contributed by atoms with E-state index in [4.69, 9.17) is 4.52 Å². The Morgan fingerprint density at radius 1 is 1.24 bits per heavy atom. The van der Waals surface area contributed by atoms with Gasteiger partial charge >= 0.3 is 0 Å². The SMILES string of the molecule is CNc1ccc(-c2noc(C3CCCN3Cc3ccc(NC(C)=O)cc3)n2)cn1. The molecule has 3 aromatic rings. The first-order chi connectivity index (χ1) is 14.1. The van der Waals surface area contributed by atoms with Gasteiger partial charge in [0.25, 0.3) is 0 Å². The Hall–Kier alpha value is -3.26. The summed E-state index contributed by atoms with van der Waals surface area (Å²) >= 11 is 0. The van der Waals surface area contributed by atoms with Crippen LogP contribution in [-0.4, -0.2) is 39.5 Å². The van der Waals surface area contributed by atoms with Gasteiger partial charge in [-0.2, -0.15) is 4.98 Å². The van der Waals surface area contributed by atoms with Crippen LogP contribution in [-0.2, 0) is 11.3 Å². The van der Waals surface area contributed by atoms with Crippen LogP contribution in [0.4, 0.5) is 11.5 Å². The normalized spacial score (nSPS) is 16.7. The molecule has 1 unspecified atom stereocenters. The summed E-state index contributed by atoms with van der Waals surface area (Å²) in [6.07, 6.45) is 3.82. The van der Waals surface area contributed by atoms with Gasteiger partial charge in [0.15, 0.2) is 0 Å². The Kier molecular flexibility index (Phi) is 5.53. The zero-order valence-electron chi connectivity index (χ0n) is 16.6. The lowest BCUT2D eigenvalue weighted by molar-refractivity contribution is -0.114. The van der Waals surface area contributed by atoms with Crippen LogP contribution < -0.4 is 10.6 Å². The summed E-state index contributed by atoms with van der Waals surface area (Å²) in [5.41, 5.74) is 2.81.